The van der Waals surface area contributed by atoms with Crippen molar-refractivity contribution in [2.45, 2.75) is 18.9 Å². The van der Waals surface area contributed by atoms with Crippen LogP contribution < -0.4 is 10.6 Å². The van der Waals surface area contributed by atoms with Crippen LogP contribution in [0, 0.1) is 0 Å². The lowest BCUT2D eigenvalue weighted by Gasteiger charge is -2.12. The zero-order valence-corrected chi connectivity index (χ0v) is 12.5. The van der Waals surface area contributed by atoms with Crippen molar-refractivity contribution in [3.05, 3.63) is 46.7 Å². The highest BCUT2D eigenvalue weighted by atomic mass is 32.1. The summed E-state index contributed by atoms with van der Waals surface area (Å²) in [5.74, 6) is -0.0648. The Hall–Kier alpha value is -1.85. The highest BCUT2D eigenvalue weighted by molar-refractivity contribution is 7.12. The predicted octanol–water partition coefficient (Wildman–Crippen LogP) is 3.59. The molecule has 2 N–H and O–H groups in total. The monoisotopic (exact) mass is 302 g/mol. The van der Waals surface area contributed by atoms with Gasteiger partial charge in [-0.1, -0.05) is 6.07 Å². The molecule has 4 nitrogen and oxygen atoms in total. The number of hydrogen-bond acceptors (Lipinski definition) is 4. The zero-order valence-electron chi connectivity index (χ0n) is 11.7. The topological polar surface area (TPSA) is 50.4 Å². The van der Waals surface area contributed by atoms with Crippen LogP contribution in [0.5, 0.6) is 0 Å². The molecular weight excluding hydrogens is 284 g/mol. The number of benzene rings is 1. The fourth-order valence-electron chi connectivity index (χ4n) is 2.31. The molecule has 1 amide bonds. The summed E-state index contributed by atoms with van der Waals surface area (Å²) >= 11 is 1.44. The molecule has 1 aliphatic rings. The van der Waals surface area contributed by atoms with Gasteiger partial charge in [-0.15, -0.1) is 11.3 Å². The summed E-state index contributed by atoms with van der Waals surface area (Å²) in [5, 5.41) is 8.14. The van der Waals surface area contributed by atoms with Gasteiger partial charge in [-0.3, -0.25) is 4.79 Å². The van der Waals surface area contributed by atoms with E-state index in [9.17, 15) is 4.79 Å². The van der Waals surface area contributed by atoms with E-state index in [1.54, 1.807) is 0 Å². The maximum Gasteiger partial charge on any atom is 0.265 e. The Kier molecular flexibility index (Phi) is 4.52. The third kappa shape index (κ3) is 3.83. The summed E-state index contributed by atoms with van der Waals surface area (Å²) in [6, 6.07) is 11.4. The second kappa shape index (κ2) is 6.74. The number of carbonyl (C=O) groups excluding carboxylic acids is 1. The van der Waals surface area contributed by atoms with Crippen molar-refractivity contribution in [3.63, 3.8) is 0 Å². The molecule has 1 fully saturated rings. The minimum Gasteiger partial charge on any atom is -0.382 e. The molecule has 0 saturated carbocycles. The van der Waals surface area contributed by atoms with Crippen LogP contribution in [0.4, 0.5) is 11.4 Å². The molecule has 21 heavy (non-hydrogen) atoms. The predicted molar refractivity (Wildman–Crippen MR) is 86.2 cm³/mol. The second-order valence-electron chi connectivity index (χ2n) is 5.02. The number of thiophene rings is 1. The van der Waals surface area contributed by atoms with Crippen LogP contribution in [0.25, 0.3) is 0 Å². The first-order chi connectivity index (χ1) is 10.3. The van der Waals surface area contributed by atoms with Crippen molar-refractivity contribution in [3.8, 4) is 0 Å². The molecule has 0 spiro atoms. The van der Waals surface area contributed by atoms with E-state index in [0.717, 1.165) is 42.2 Å². The third-order valence-corrected chi connectivity index (χ3v) is 4.31. The maximum absolute atomic E-state index is 11.9. The van der Waals surface area contributed by atoms with Crippen LogP contribution in [-0.4, -0.2) is 25.2 Å². The molecule has 1 atom stereocenters. The van der Waals surface area contributed by atoms with E-state index in [4.69, 9.17) is 4.74 Å². The van der Waals surface area contributed by atoms with E-state index in [-0.39, 0.29) is 5.91 Å². The molecule has 5 heteroatoms. The molecule has 0 bridgehead atoms. The Bertz CT molecular complexity index is 575. The summed E-state index contributed by atoms with van der Waals surface area (Å²) < 4.78 is 5.57. The van der Waals surface area contributed by atoms with E-state index in [2.05, 4.69) is 10.6 Å². The summed E-state index contributed by atoms with van der Waals surface area (Å²) in [6.45, 7) is 1.71. The molecule has 1 unspecified atom stereocenters. The number of ether oxygens (including phenoxy) is 1. The van der Waals surface area contributed by atoms with Gasteiger partial charge in [-0.05, 0) is 48.6 Å². The van der Waals surface area contributed by atoms with Gasteiger partial charge in [0, 0.05) is 24.5 Å². The average molecular weight is 302 g/mol. The van der Waals surface area contributed by atoms with E-state index in [0.29, 0.717) is 6.10 Å². The average Bonchev–Trinajstić information content (AvgIpc) is 3.20. The quantitative estimate of drug-likeness (QED) is 0.887. The minimum absolute atomic E-state index is 0.0648. The lowest BCUT2D eigenvalue weighted by molar-refractivity contribution is 0.103. The van der Waals surface area contributed by atoms with E-state index in [1.807, 2.05) is 41.8 Å². The Morgan fingerprint density at radius 3 is 2.71 bits per heavy atom. The van der Waals surface area contributed by atoms with Crippen LogP contribution in [0.2, 0.25) is 0 Å². The Morgan fingerprint density at radius 2 is 2.05 bits per heavy atom. The van der Waals surface area contributed by atoms with Crippen molar-refractivity contribution in [1.82, 2.24) is 0 Å². The second-order valence-corrected chi connectivity index (χ2v) is 5.97. The van der Waals surface area contributed by atoms with Gasteiger partial charge in [0.2, 0.25) is 0 Å². The molecule has 110 valence electrons. The molecule has 1 aromatic carbocycles. The van der Waals surface area contributed by atoms with Crippen LogP contribution >= 0.6 is 11.3 Å². The SMILES string of the molecule is O=C(Nc1ccc(NCC2CCCO2)cc1)c1cccs1. The van der Waals surface area contributed by atoms with Crippen LogP contribution in [0.15, 0.2) is 41.8 Å². The summed E-state index contributed by atoms with van der Waals surface area (Å²) in [7, 11) is 0. The Morgan fingerprint density at radius 1 is 1.24 bits per heavy atom. The van der Waals surface area contributed by atoms with Gasteiger partial charge in [0.05, 0.1) is 11.0 Å². The molecule has 1 saturated heterocycles. The number of carbonyl (C=O) groups is 1. The van der Waals surface area contributed by atoms with Crippen LogP contribution in [0.1, 0.15) is 22.5 Å². The van der Waals surface area contributed by atoms with Gasteiger partial charge in [0.15, 0.2) is 0 Å². The lowest BCUT2D eigenvalue weighted by Crippen LogP contribution is -2.18. The van der Waals surface area contributed by atoms with Crippen molar-refractivity contribution >= 4 is 28.6 Å². The summed E-state index contributed by atoms with van der Waals surface area (Å²) in [4.78, 5) is 12.6. The number of anilines is 2. The van der Waals surface area contributed by atoms with Crippen molar-refractivity contribution in [1.29, 1.82) is 0 Å². The van der Waals surface area contributed by atoms with E-state index in [1.165, 1.54) is 11.3 Å². The molecule has 2 heterocycles. The molecule has 1 aromatic heterocycles. The van der Waals surface area contributed by atoms with E-state index >= 15 is 0 Å². The molecule has 0 radical (unpaired) electrons. The normalized spacial score (nSPS) is 17.6. The zero-order chi connectivity index (χ0) is 14.5. The van der Waals surface area contributed by atoms with Crippen molar-refractivity contribution in [2.75, 3.05) is 23.8 Å². The summed E-state index contributed by atoms with van der Waals surface area (Å²) in [5.41, 5.74) is 1.84. The minimum atomic E-state index is -0.0648. The fourth-order valence-corrected chi connectivity index (χ4v) is 2.93. The molecule has 2 aromatic rings. The highest BCUT2D eigenvalue weighted by Gasteiger charge is 2.14. The fraction of sp³-hybridized carbons (Fsp3) is 0.312. The summed E-state index contributed by atoms with van der Waals surface area (Å²) in [6.07, 6.45) is 2.60. The maximum atomic E-state index is 11.9. The van der Waals surface area contributed by atoms with Gasteiger partial charge in [0.25, 0.3) is 5.91 Å². The Labute approximate surface area is 128 Å². The van der Waals surface area contributed by atoms with Gasteiger partial charge in [0.1, 0.15) is 0 Å². The van der Waals surface area contributed by atoms with Gasteiger partial charge in [-0.25, -0.2) is 0 Å². The first-order valence-corrected chi connectivity index (χ1v) is 7.99. The number of rotatable bonds is 5. The molecule has 1 aliphatic heterocycles. The van der Waals surface area contributed by atoms with Crippen molar-refractivity contribution in [2.24, 2.45) is 0 Å². The van der Waals surface area contributed by atoms with Crippen LogP contribution in [-0.2, 0) is 4.74 Å². The standard InChI is InChI=1S/C16H18N2O2S/c19-16(15-4-2-10-21-15)18-13-7-5-12(6-8-13)17-11-14-3-1-9-20-14/h2,4-8,10,14,17H,1,3,9,11H2,(H,18,19). The number of amides is 1. The lowest BCUT2D eigenvalue weighted by atomic mass is 10.2. The molecule has 3 rings (SSSR count). The van der Waals surface area contributed by atoms with Crippen molar-refractivity contribution < 1.29 is 9.53 Å². The van der Waals surface area contributed by atoms with E-state index < -0.39 is 0 Å². The third-order valence-electron chi connectivity index (χ3n) is 3.45. The first-order valence-electron chi connectivity index (χ1n) is 7.12. The van der Waals surface area contributed by atoms with Gasteiger partial charge in [-0.2, -0.15) is 0 Å². The smallest absolute Gasteiger partial charge is 0.265 e. The van der Waals surface area contributed by atoms with Gasteiger partial charge < -0.3 is 15.4 Å². The Balaban J connectivity index is 1.52. The van der Waals surface area contributed by atoms with Crippen LogP contribution in [0.3, 0.4) is 0 Å². The molecule has 0 aliphatic carbocycles. The highest BCUT2D eigenvalue weighted by Crippen LogP contribution is 2.18. The largest absolute Gasteiger partial charge is 0.382 e. The number of hydrogen-bond donors (Lipinski definition) is 2. The first kappa shape index (κ1) is 14.1. The van der Waals surface area contributed by atoms with Gasteiger partial charge >= 0.3 is 0 Å². The number of nitrogens with one attached hydrogen (secondary N) is 2. The molecular formula is C16H18N2O2S.